The zero-order valence-corrected chi connectivity index (χ0v) is 15.4. The van der Waals surface area contributed by atoms with E-state index in [0.717, 1.165) is 37.1 Å². The Balaban J connectivity index is 1.59. The summed E-state index contributed by atoms with van der Waals surface area (Å²) in [5.41, 5.74) is 8.76. The van der Waals surface area contributed by atoms with Gasteiger partial charge in [-0.25, -0.2) is 9.37 Å². The van der Waals surface area contributed by atoms with E-state index in [4.69, 9.17) is 5.73 Å². The molecule has 2 aliphatic rings. The number of aromatic nitrogens is 4. The standard InChI is InChI=1S/C20H22FN7/c21-16-7-2-1-6-15(16)20-26-17-12-23-19(28-24-8-9-25-28)11-18(17)27(20)14-5-3-4-13(22)10-14/h1-2,6-9,11-14,20,26H,3-5,10,22H2/t13-,14+,20?/m0/s1. The molecule has 0 amide bonds. The molecule has 0 saturated heterocycles. The van der Waals surface area contributed by atoms with Crippen molar-refractivity contribution in [3.63, 3.8) is 0 Å². The Morgan fingerprint density at radius 1 is 1.14 bits per heavy atom. The number of benzene rings is 1. The van der Waals surface area contributed by atoms with Crippen molar-refractivity contribution in [2.24, 2.45) is 5.73 Å². The van der Waals surface area contributed by atoms with Gasteiger partial charge in [-0.3, -0.25) is 0 Å². The summed E-state index contributed by atoms with van der Waals surface area (Å²) in [4.78, 5) is 8.22. The first-order chi connectivity index (χ1) is 13.7. The van der Waals surface area contributed by atoms with Crippen molar-refractivity contribution in [1.82, 2.24) is 20.0 Å². The highest BCUT2D eigenvalue weighted by Crippen LogP contribution is 2.45. The predicted molar refractivity (Wildman–Crippen MR) is 105 cm³/mol. The maximum Gasteiger partial charge on any atom is 0.176 e. The van der Waals surface area contributed by atoms with E-state index >= 15 is 0 Å². The van der Waals surface area contributed by atoms with Crippen LogP contribution < -0.4 is 16.0 Å². The van der Waals surface area contributed by atoms with Gasteiger partial charge in [-0.05, 0) is 31.7 Å². The number of pyridine rings is 1. The molecule has 1 saturated carbocycles. The average molecular weight is 379 g/mol. The van der Waals surface area contributed by atoms with Crippen LogP contribution in [0.15, 0.2) is 48.9 Å². The van der Waals surface area contributed by atoms with Crippen LogP contribution >= 0.6 is 0 Å². The number of nitrogens with one attached hydrogen (secondary N) is 1. The average Bonchev–Trinajstić information content (AvgIpc) is 3.36. The summed E-state index contributed by atoms with van der Waals surface area (Å²) < 4.78 is 14.7. The summed E-state index contributed by atoms with van der Waals surface area (Å²) >= 11 is 0. The highest BCUT2D eigenvalue weighted by Gasteiger charge is 2.38. The molecule has 0 spiro atoms. The SMILES string of the molecule is N[C@H]1CCC[C@@H](N2c3cc(-n4nccn4)ncc3NC2c2ccccc2F)C1. The highest BCUT2D eigenvalue weighted by atomic mass is 19.1. The van der Waals surface area contributed by atoms with Crippen molar-refractivity contribution in [3.05, 3.63) is 60.3 Å². The van der Waals surface area contributed by atoms with Crippen LogP contribution in [-0.2, 0) is 0 Å². The van der Waals surface area contributed by atoms with Gasteiger partial charge in [0.15, 0.2) is 5.82 Å². The van der Waals surface area contributed by atoms with Gasteiger partial charge in [0.2, 0.25) is 0 Å². The second-order valence-electron chi connectivity index (χ2n) is 7.43. The Morgan fingerprint density at radius 3 is 2.75 bits per heavy atom. The van der Waals surface area contributed by atoms with E-state index < -0.39 is 0 Å². The number of nitrogens with two attached hydrogens (primary N) is 1. The van der Waals surface area contributed by atoms with Crippen molar-refractivity contribution < 1.29 is 4.39 Å². The maximum absolute atomic E-state index is 14.7. The second-order valence-corrected chi connectivity index (χ2v) is 7.43. The van der Waals surface area contributed by atoms with E-state index in [1.165, 1.54) is 10.9 Å². The zero-order chi connectivity index (χ0) is 19.1. The fraction of sp³-hybridized carbons (Fsp3) is 0.350. The molecule has 1 aromatic carbocycles. The van der Waals surface area contributed by atoms with Crippen molar-refractivity contribution >= 4 is 11.4 Å². The number of rotatable bonds is 3. The molecule has 1 unspecified atom stereocenters. The van der Waals surface area contributed by atoms with Gasteiger partial charge in [-0.15, -0.1) is 4.80 Å². The number of fused-ring (bicyclic) bond motifs is 1. The van der Waals surface area contributed by atoms with Crippen molar-refractivity contribution in [2.75, 3.05) is 10.2 Å². The fourth-order valence-corrected chi connectivity index (χ4v) is 4.34. The van der Waals surface area contributed by atoms with Crippen LogP contribution in [0.2, 0.25) is 0 Å². The summed E-state index contributed by atoms with van der Waals surface area (Å²) in [6.45, 7) is 0. The van der Waals surface area contributed by atoms with Crippen LogP contribution in [-0.4, -0.2) is 32.1 Å². The highest BCUT2D eigenvalue weighted by molar-refractivity contribution is 5.77. The van der Waals surface area contributed by atoms with Gasteiger partial charge in [0.1, 0.15) is 12.0 Å². The van der Waals surface area contributed by atoms with Crippen molar-refractivity contribution in [2.45, 2.75) is 43.9 Å². The minimum atomic E-state index is -0.297. The third kappa shape index (κ3) is 2.90. The lowest BCUT2D eigenvalue weighted by molar-refractivity contribution is 0.362. The molecule has 0 radical (unpaired) electrons. The third-order valence-electron chi connectivity index (χ3n) is 5.62. The summed E-state index contributed by atoms with van der Waals surface area (Å²) in [6, 6.07) is 9.26. The van der Waals surface area contributed by atoms with Crippen LogP contribution in [0.5, 0.6) is 0 Å². The molecular formula is C20H22FN7. The van der Waals surface area contributed by atoms with Gasteiger partial charge >= 0.3 is 0 Å². The molecular weight excluding hydrogens is 357 g/mol. The lowest BCUT2D eigenvalue weighted by Crippen LogP contribution is -2.44. The maximum atomic E-state index is 14.7. The van der Waals surface area contributed by atoms with Crippen LogP contribution in [0.25, 0.3) is 5.82 Å². The second kappa shape index (κ2) is 6.87. The fourth-order valence-electron chi connectivity index (χ4n) is 4.34. The molecule has 8 heteroatoms. The molecule has 2 aromatic heterocycles. The van der Waals surface area contributed by atoms with E-state index in [-0.39, 0.29) is 24.1 Å². The molecule has 144 valence electrons. The van der Waals surface area contributed by atoms with Crippen LogP contribution in [0.1, 0.15) is 37.4 Å². The van der Waals surface area contributed by atoms with Crippen molar-refractivity contribution in [3.8, 4) is 5.82 Å². The van der Waals surface area contributed by atoms with Gasteiger partial charge in [0.25, 0.3) is 0 Å². The third-order valence-corrected chi connectivity index (χ3v) is 5.62. The minimum Gasteiger partial charge on any atom is -0.358 e. The number of nitrogens with zero attached hydrogens (tertiary/aromatic N) is 5. The van der Waals surface area contributed by atoms with Gasteiger partial charge in [0.05, 0.1) is 30.0 Å². The van der Waals surface area contributed by atoms with E-state index in [9.17, 15) is 4.39 Å². The summed E-state index contributed by atoms with van der Waals surface area (Å²) in [5, 5.41) is 11.8. The lowest BCUT2D eigenvalue weighted by Gasteiger charge is -2.39. The van der Waals surface area contributed by atoms with E-state index in [0.29, 0.717) is 11.4 Å². The summed E-state index contributed by atoms with van der Waals surface area (Å²) in [5.74, 6) is 0.407. The van der Waals surface area contributed by atoms with E-state index in [2.05, 4.69) is 25.4 Å². The van der Waals surface area contributed by atoms with Gasteiger partial charge in [-0.2, -0.15) is 10.2 Å². The molecule has 1 aliphatic heterocycles. The molecule has 3 aromatic rings. The monoisotopic (exact) mass is 379 g/mol. The van der Waals surface area contributed by atoms with Gasteiger partial charge in [0, 0.05) is 23.7 Å². The van der Waals surface area contributed by atoms with E-state index in [1.54, 1.807) is 24.7 Å². The minimum absolute atomic E-state index is 0.165. The molecule has 3 N–H and O–H groups in total. The lowest BCUT2D eigenvalue weighted by atomic mass is 9.89. The molecule has 3 heterocycles. The molecule has 5 rings (SSSR count). The number of halogens is 1. The topological polar surface area (TPSA) is 84.9 Å². The summed E-state index contributed by atoms with van der Waals surface area (Å²) in [6.07, 6.45) is 8.72. The summed E-state index contributed by atoms with van der Waals surface area (Å²) in [7, 11) is 0. The molecule has 1 aliphatic carbocycles. The molecule has 28 heavy (non-hydrogen) atoms. The molecule has 0 bridgehead atoms. The first kappa shape index (κ1) is 17.1. The van der Waals surface area contributed by atoms with Gasteiger partial charge < -0.3 is 16.0 Å². The number of hydrogen-bond acceptors (Lipinski definition) is 6. The number of hydrogen-bond donors (Lipinski definition) is 2. The number of anilines is 2. The Hall–Kier alpha value is -3.00. The van der Waals surface area contributed by atoms with Crippen LogP contribution in [0.3, 0.4) is 0 Å². The largest absolute Gasteiger partial charge is 0.358 e. The molecule has 3 atom stereocenters. The predicted octanol–water partition coefficient (Wildman–Crippen LogP) is 3.00. The Labute approximate surface area is 162 Å². The van der Waals surface area contributed by atoms with E-state index in [1.807, 2.05) is 18.2 Å². The zero-order valence-electron chi connectivity index (χ0n) is 15.4. The van der Waals surface area contributed by atoms with Crippen molar-refractivity contribution in [1.29, 1.82) is 0 Å². The molecule has 1 fully saturated rings. The first-order valence-electron chi connectivity index (χ1n) is 9.62. The Kier molecular flexibility index (Phi) is 4.20. The van der Waals surface area contributed by atoms with Crippen LogP contribution in [0.4, 0.5) is 15.8 Å². The normalized spacial score (nSPS) is 24.1. The Morgan fingerprint density at radius 2 is 1.96 bits per heavy atom. The quantitative estimate of drug-likeness (QED) is 0.728. The van der Waals surface area contributed by atoms with Gasteiger partial charge in [-0.1, -0.05) is 18.2 Å². The smallest absolute Gasteiger partial charge is 0.176 e. The van der Waals surface area contributed by atoms with Crippen LogP contribution in [0, 0.1) is 5.82 Å². The first-order valence-corrected chi connectivity index (χ1v) is 9.62. The Bertz CT molecular complexity index is 974. The molecule has 7 nitrogen and oxygen atoms in total.